The average molecular weight is 247 g/mol. The summed E-state index contributed by atoms with van der Waals surface area (Å²) < 4.78 is 0. The van der Waals surface area contributed by atoms with Crippen LogP contribution in [0.2, 0.25) is 0 Å². The first kappa shape index (κ1) is 13.3. The Morgan fingerprint density at radius 1 is 1.22 bits per heavy atom. The Labute approximate surface area is 111 Å². The van der Waals surface area contributed by atoms with E-state index in [1.54, 1.807) is 0 Å². The average Bonchev–Trinajstić information content (AvgIpc) is 2.73. The lowest BCUT2D eigenvalue weighted by atomic mass is 9.74. The predicted molar refractivity (Wildman–Crippen MR) is 75.7 cm³/mol. The Hall–Kier alpha value is -1.12. The minimum absolute atomic E-state index is 0.361. The van der Waals surface area contributed by atoms with Crippen molar-refractivity contribution in [2.75, 3.05) is 18.0 Å². The fourth-order valence-electron chi connectivity index (χ4n) is 2.98. The van der Waals surface area contributed by atoms with Gasteiger partial charge >= 0.3 is 0 Å². The summed E-state index contributed by atoms with van der Waals surface area (Å²) in [5.74, 6) is 2.38. The lowest BCUT2D eigenvalue weighted by Gasteiger charge is -2.30. The third-order valence-corrected chi connectivity index (χ3v) is 4.13. The molecule has 1 aromatic rings. The normalized spacial score (nSPS) is 24.6. The molecule has 0 N–H and O–H groups in total. The van der Waals surface area contributed by atoms with Gasteiger partial charge in [0.15, 0.2) is 0 Å². The molecule has 0 spiro atoms. The number of nitrogens with zero attached hydrogens (tertiary/aromatic N) is 3. The molecule has 2 rings (SSSR count). The third kappa shape index (κ3) is 2.65. The van der Waals surface area contributed by atoms with Crippen LogP contribution < -0.4 is 4.90 Å². The van der Waals surface area contributed by atoms with Gasteiger partial charge in [-0.2, -0.15) is 0 Å². The van der Waals surface area contributed by atoms with Crippen molar-refractivity contribution < 1.29 is 0 Å². The first-order valence-corrected chi connectivity index (χ1v) is 6.95. The number of aromatic nitrogens is 2. The molecule has 0 amide bonds. The molecule has 18 heavy (non-hydrogen) atoms. The number of aryl methyl sites for hydroxylation is 1. The molecule has 2 unspecified atom stereocenters. The molecule has 1 saturated heterocycles. The summed E-state index contributed by atoms with van der Waals surface area (Å²) in [5, 5.41) is 0. The van der Waals surface area contributed by atoms with E-state index < -0.39 is 0 Å². The van der Waals surface area contributed by atoms with E-state index in [1.807, 2.05) is 19.3 Å². The summed E-state index contributed by atoms with van der Waals surface area (Å²) in [4.78, 5) is 11.3. The van der Waals surface area contributed by atoms with E-state index in [0.717, 1.165) is 36.4 Å². The van der Waals surface area contributed by atoms with Gasteiger partial charge in [-0.25, -0.2) is 9.97 Å². The van der Waals surface area contributed by atoms with Crippen molar-refractivity contribution in [3.63, 3.8) is 0 Å². The summed E-state index contributed by atoms with van der Waals surface area (Å²) in [6, 6.07) is 0. The molecule has 1 aromatic heterocycles. The van der Waals surface area contributed by atoms with Gasteiger partial charge in [0, 0.05) is 25.5 Å². The Balaban J connectivity index is 2.16. The minimum atomic E-state index is 0.361. The summed E-state index contributed by atoms with van der Waals surface area (Å²) in [5.41, 5.74) is 1.48. The summed E-state index contributed by atoms with van der Waals surface area (Å²) in [6.45, 7) is 13.6. The van der Waals surface area contributed by atoms with E-state index in [0.29, 0.717) is 5.41 Å². The molecule has 0 aromatic carbocycles. The number of rotatable bonds is 2. The molecule has 1 aliphatic heterocycles. The van der Waals surface area contributed by atoms with E-state index in [2.05, 4.69) is 42.6 Å². The summed E-state index contributed by atoms with van der Waals surface area (Å²) in [6.07, 6.45) is 5.06. The maximum absolute atomic E-state index is 4.46. The van der Waals surface area contributed by atoms with Crippen LogP contribution in [0.1, 0.15) is 39.7 Å². The highest BCUT2D eigenvalue weighted by atomic mass is 15.3. The van der Waals surface area contributed by atoms with Crippen molar-refractivity contribution in [2.24, 2.45) is 17.3 Å². The molecule has 3 heteroatoms. The van der Waals surface area contributed by atoms with Gasteiger partial charge in [0.25, 0.3) is 0 Å². The predicted octanol–water partition coefficient (Wildman–Crippen LogP) is 3.29. The van der Waals surface area contributed by atoms with E-state index >= 15 is 0 Å². The zero-order chi connectivity index (χ0) is 13.3. The molecule has 2 atom stereocenters. The number of anilines is 1. The SMILES string of the molecule is CCC1CN(c2ncc(C)cn2)CC1C(C)(C)C. The van der Waals surface area contributed by atoms with Gasteiger partial charge in [-0.1, -0.05) is 34.1 Å². The van der Waals surface area contributed by atoms with Crippen molar-refractivity contribution in [3.8, 4) is 0 Å². The topological polar surface area (TPSA) is 29.0 Å². The third-order valence-electron chi connectivity index (χ3n) is 4.13. The maximum atomic E-state index is 4.46. The number of hydrogen-bond donors (Lipinski definition) is 0. The second kappa shape index (κ2) is 4.87. The molecule has 0 saturated carbocycles. The van der Waals surface area contributed by atoms with Crippen molar-refractivity contribution in [3.05, 3.63) is 18.0 Å². The van der Waals surface area contributed by atoms with Crippen molar-refractivity contribution in [1.29, 1.82) is 0 Å². The van der Waals surface area contributed by atoms with Crippen molar-refractivity contribution >= 4 is 5.95 Å². The fourth-order valence-corrected chi connectivity index (χ4v) is 2.98. The lowest BCUT2D eigenvalue weighted by molar-refractivity contribution is 0.200. The standard InChI is InChI=1S/C15H25N3/c1-6-12-9-18(10-13(12)15(3,4)5)14-16-7-11(2)8-17-14/h7-8,12-13H,6,9-10H2,1-5H3. The lowest BCUT2D eigenvalue weighted by Crippen LogP contribution is -2.28. The first-order chi connectivity index (χ1) is 8.41. The van der Waals surface area contributed by atoms with E-state index in [4.69, 9.17) is 0 Å². The van der Waals surface area contributed by atoms with Crippen LogP contribution in [-0.4, -0.2) is 23.1 Å². The smallest absolute Gasteiger partial charge is 0.225 e. The zero-order valence-electron chi connectivity index (χ0n) is 12.3. The quantitative estimate of drug-likeness (QED) is 0.803. The van der Waals surface area contributed by atoms with Crippen molar-refractivity contribution in [2.45, 2.75) is 41.0 Å². The monoisotopic (exact) mass is 247 g/mol. The molecule has 1 aliphatic rings. The molecular weight excluding hydrogens is 222 g/mol. The van der Waals surface area contributed by atoms with Gasteiger partial charge in [0.05, 0.1) is 0 Å². The zero-order valence-corrected chi connectivity index (χ0v) is 12.3. The van der Waals surface area contributed by atoms with Crippen molar-refractivity contribution in [1.82, 2.24) is 9.97 Å². The van der Waals surface area contributed by atoms with Gasteiger partial charge in [-0.3, -0.25) is 0 Å². The van der Waals surface area contributed by atoms with E-state index in [1.165, 1.54) is 6.42 Å². The van der Waals surface area contributed by atoms with Gasteiger partial charge in [0.2, 0.25) is 5.95 Å². The summed E-state index contributed by atoms with van der Waals surface area (Å²) in [7, 11) is 0. The van der Waals surface area contributed by atoms with E-state index in [-0.39, 0.29) is 0 Å². The van der Waals surface area contributed by atoms with Gasteiger partial charge in [-0.15, -0.1) is 0 Å². The Kier molecular flexibility index (Phi) is 3.60. The highest BCUT2D eigenvalue weighted by Gasteiger charge is 2.39. The Bertz CT molecular complexity index is 391. The van der Waals surface area contributed by atoms with Crippen LogP contribution in [0.5, 0.6) is 0 Å². The number of hydrogen-bond acceptors (Lipinski definition) is 3. The molecule has 1 fully saturated rings. The first-order valence-electron chi connectivity index (χ1n) is 6.95. The second-order valence-corrected chi connectivity index (χ2v) is 6.61. The molecule has 3 nitrogen and oxygen atoms in total. The maximum Gasteiger partial charge on any atom is 0.225 e. The fraction of sp³-hybridized carbons (Fsp3) is 0.733. The van der Waals surface area contributed by atoms with Crippen LogP contribution in [0.3, 0.4) is 0 Å². The molecule has 0 aliphatic carbocycles. The Morgan fingerprint density at radius 2 is 1.83 bits per heavy atom. The highest BCUT2D eigenvalue weighted by molar-refractivity contribution is 5.32. The molecule has 2 heterocycles. The molecule has 0 bridgehead atoms. The van der Waals surface area contributed by atoms with Crippen LogP contribution >= 0.6 is 0 Å². The van der Waals surface area contributed by atoms with Gasteiger partial charge in [0.1, 0.15) is 0 Å². The second-order valence-electron chi connectivity index (χ2n) is 6.61. The van der Waals surface area contributed by atoms with Crippen LogP contribution in [0.15, 0.2) is 12.4 Å². The van der Waals surface area contributed by atoms with E-state index in [9.17, 15) is 0 Å². The Morgan fingerprint density at radius 3 is 2.28 bits per heavy atom. The highest BCUT2D eigenvalue weighted by Crippen LogP contribution is 2.39. The minimum Gasteiger partial charge on any atom is -0.340 e. The van der Waals surface area contributed by atoms with Crippen LogP contribution in [0, 0.1) is 24.2 Å². The molecule has 0 radical (unpaired) electrons. The van der Waals surface area contributed by atoms with Gasteiger partial charge < -0.3 is 4.90 Å². The molecule has 100 valence electrons. The van der Waals surface area contributed by atoms with Crippen LogP contribution in [0.25, 0.3) is 0 Å². The van der Waals surface area contributed by atoms with Crippen LogP contribution in [0.4, 0.5) is 5.95 Å². The molecular formula is C15H25N3. The summed E-state index contributed by atoms with van der Waals surface area (Å²) >= 11 is 0. The van der Waals surface area contributed by atoms with Crippen LogP contribution in [-0.2, 0) is 0 Å². The largest absolute Gasteiger partial charge is 0.340 e. The van der Waals surface area contributed by atoms with Gasteiger partial charge in [-0.05, 0) is 29.7 Å².